The van der Waals surface area contributed by atoms with E-state index in [1.54, 1.807) is 23.2 Å². The highest BCUT2D eigenvalue weighted by Gasteiger charge is 2.43. The molecule has 0 amide bonds. The molecule has 2 atom stereocenters. The van der Waals surface area contributed by atoms with Gasteiger partial charge >= 0.3 is 0 Å². The summed E-state index contributed by atoms with van der Waals surface area (Å²) in [5, 5.41) is 4.90. The molecule has 0 radical (unpaired) electrons. The van der Waals surface area contributed by atoms with E-state index in [-0.39, 0.29) is 72.4 Å². The van der Waals surface area contributed by atoms with E-state index in [0.29, 0.717) is 18.1 Å². The monoisotopic (exact) mass is 550 g/mol. The van der Waals surface area contributed by atoms with Crippen molar-refractivity contribution in [2.45, 2.75) is 19.9 Å². The Morgan fingerprint density at radius 2 is 1.92 bits per heavy atom. The van der Waals surface area contributed by atoms with Crippen LogP contribution in [0.2, 0.25) is 5.02 Å². The number of ketones is 1. The molecule has 1 aliphatic rings. The lowest BCUT2D eigenvalue weighted by Gasteiger charge is -2.47. The van der Waals surface area contributed by atoms with Gasteiger partial charge in [0.2, 0.25) is 5.95 Å². The van der Waals surface area contributed by atoms with Gasteiger partial charge in [-0.25, -0.2) is 8.91 Å². The van der Waals surface area contributed by atoms with Gasteiger partial charge in [-0.3, -0.25) is 14.2 Å². The van der Waals surface area contributed by atoms with Gasteiger partial charge in [0.25, 0.3) is 5.56 Å². The van der Waals surface area contributed by atoms with Crippen LogP contribution in [0.15, 0.2) is 41.3 Å². The highest BCUT2D eigenvalue weighted by Crippen LogP contribution is 2.43. The van der Waals surface area contributed by atoms with Crippen LogP contribution in [-0.2, 0) is 0 Å². The average Bonchev–Trinajstić information content (AvgIpc) is 3.12. The number of fused-ring (bicyclic) bond motifs is 1. The van der Waals surface area contributed by atoms with Crippen LogP contribution in [0.25, 0.3) is 11.2 Å². The zero-order valence-electron chi connectivity index (χ0n) is 19.2. The molecular weight excluding hydrogens is 527 g/mol. The molecule has 1 aliphatic heterocycles. The fourth-order valence-electron chi connectivity index (χ4n) is 4.44. The Balaban J connectivity index is 0.00000180. The first kappa shape index (κ1) is 27.3. The molecule has 14 heteroatoms. The van der Waals surface area contributed by atoms with Crippen LogP contribution >= 0.6 is 38.6 Å². The molecule has 4 aromatic rings. The molecule has 0 bridgehead atoms. The summed E-state index contributed by atoms with van der Waals surface area (Å²) >= 11 is 6.25. The van der Waals surface area contributed by atoms with Crippen molar-refractivity contribution in [2.24, 2.45) is 5.92 Å². The number of carbonyl (C=O) groups is 1. The zero-order chi connectivity index (χ0) is 24.3. The summed E-state index contributed by atoms with van der Waals surface area (Å²) in [5.74, 6) is -0.382. The third kappa shape index (κ3) is 4.27. The fraction of sp³-hybridized carbons (Fsp3) is 0.227. The molecule has 4 heterocycles. The summed E-state index contributed by atoms with van der Waals surface area (Å²) < 4.78 is 16.9. The van der Waals surface area contributed by atoms with E-state index >= 15 is 0 Å². The molecule has 3 aromatic heterocycles. The van der Waals surface area contributed by atoms with Crippen LogP contribution < -0.4 is 21.9 Å². The second-order valence-electron chi connectivity index (χ2n) is 8.23. The number of nitrogens with zero attached hydrogens (tertiary/aromatic N) is 6. The maximum Gasteiger partial charge on any atom is 0.284 e. The van der Waals surface area contributed by atoms with Crippen LogP contribution in [0, 0.1) is 11.7 Å². The molecular formula is C22H24ClFN8O2S2. The Kier molecular flexibility index (Phi) is 7.58. The Morgan fingerprint density at radius 3 is 2.56 bits per heavy atom. The van der Waals surface area contributed by atoms with Gasteiger partial charge in [-0.05, 0) is 31.2 Å². The van der Waals surface area contributed by atoms with E-state index in [1.807, 2.05) is 6.92 Å². The summed E-state index contributed by atoms with van der Waals surface area (Å²) in [4.78, 5) is 35.9. The van der Waals surface area contributed by atoms with Crippen LogP contribution in [0.3, 0.4) is 0 Å². The predicted molar refractivity (Wildman–Crippen MR) is 147 cm³/mol. The van der Waals surface area contributed by atoms with E-state index in [9.17, 15) is 14.0 Å². The predicted octanol–water partition coefficient (Wildman–Crippen LogP) is 2.86. The molecule has 0 aliphatic carbocycles. The van der Waals surface area contributed by atoms with Gasteiger partial charge in [-0.2, -0.15) is 42.1 Å². The summed E-state index contributed by atoms with van der Waals surface area (Å²) in [6.07, 6.45) is 1.58. The number of carbonyl (C=O) groups excluding carboxylic acids is 1. The van der Waals surface area contributed by atoms with E-state index in [2.05, 4.69) is 15.1 Å². The molecule has 10 nitrogen and oxygen atoms in total. The molecule has 0 saturated carbocycles. The molecule has 36 heavy (non-hydrogen) atoms. The third-order valence-corrected chi connectivity index (χ3v) is 6.22. The van der Waals surface area contributed by atoms with Crippen molar-refractivity contribution in [3.05, 3.63) is 69.1 Å². The molecule has 1 aromatic carbocycles. The second-order valence-corrected chi connectivity index (χ2v) is 8.64. The van der Waals surface area contributed by atoms with Crippen molar-refractivity contribution in [1.29, 1.82) is 0 Å². The number of nitrogen functional groups attached to an aromatic ring is 2. The maximum atomic E-state index is 14.1. The van der Waals surface area contributed by atoms with Crippen molar-refractivity contribution in [2.75, 3.05) is 22.9 Å². The normalized spacial score (nSPS) is 16.7. The molecule has 0 spiro atoms. The average molecular weight is 551 g/mol. The lowest BCUT2D eigenvalue weighted by atomic mass is 9.88. The first-order chi connectivity index (χ1) is 16.2. The first-order valence-corrected chi connectivity index (χ1v) is 10.8. The second kappa shape index (κ2) is 9.99. The number of hydrogen-bond acceptors (Lipinski definition) is 8. The van der Waals surface area contributed by atoms with Crippen LogP contribution in [0.4, 0.5) is 22.0 Å². The molecule has 4 N–H and O–H groups in total. The van der Waals surface area contributed by atoms with Gasteiger partial charge < -0.3 is 16.4 Å². The minimum atomic E-state index is -0.509. The number of aromatic nitrogens is 5. The van der Waals surface area contributed by atoms with Crippen molar-refractivity contribution in [3.63, 3.8) is 0 Å². The van der Waals surface area contributed by atoms with Gasteiger partial charge in [0.1, 0.15) is 28.5 Å². The molecule has 5 rings (SSSR count). The van der Waals surface area contributed by atoms with Crippen LogP contribution in [0.1, 0.15) is 36.1 Å². The largest absolute Gasteiger partial charge is 0.383 e. The fourth-order valence-corrected chi connectivity index (χ4v) is 4.66. The molecule has 1 fully saturated rings. The molecule has 190 valence electrons. The zero-order valence-corrected chi connectivity index (χ0v) is 22.0. The summed E-state index contributed by atoms with van der Waals surface area (Å²) in [6.45, 7) is 3.82. The van der Waals surface area contributed by atoms with Gasteiger partial charge in [0.05, 0.1) is 16.8 Å². The van der Waals surface area contributed by atoms with Gasteiger partial charge in [0.15, 0.2) is 11.6 Å². The SMILES string of the molecule is CC(=O)c1c(N)nc(N)nc1N1C[C@H](C)C1c1nn2ccc(Cl)c2c(=O)n1-c1cccc(F)c1.S.S. The number of rotatable bonds is 4. The number of hydrogen-bond donors (Lipinski definition) is 2. The minimum Gasteiger partial charge on any atom is -0.383 e. The van der Waals surface area contributed by atoms with Crippen molar-refractivity contribution >= 4 is 67.5 Å². The van der Waals surface area contributed by atoms with Gasteiger partial charge in [-0.1, -0.05) is 24.6 Å². The number of halogens is 2. The highest BCUT2D eigenvalue weighted by atomic mass is 35.5. The standard InChI is InChI=1S/C22H20ClFN8O2.2H2S/c1-10-9-30(19-15(11(2)33)18(25)27-22(26)28-19)16(10)20-29-31-7-6-14(23)17(31)21(34)32(20)13-5-3-4-12(24)8-13;;/h3-8,10,16H,9H2,1-2H3,(H4,25,26,27,28);2*1H2/t10-,16?;;/m0../s1. The topological polar surface area (TPSA) is 137 Å². The van der Waals surface area contributed by atoms with E-state index < -0.39 is 17.4 Å². The number of nitrogens with two attached hydrogens (primary N) is 2. The Morgan fingerprint density at radius 1 is 1.19 bits per heavy atom. The van der Waals surface area contributed by atoms with Crippen LogP contribution in [-0.4, -0.2) is 36.5 Å². The lowest BCUT2D eigenvalue weighted by Crippen LogP contribution is -2.52. The Labute approximate surface area is 224 Å². The van der Waals surface area contributed by atoms with E-state index in [1.165, 1.54) is 34.2 Å². The lowest BCUT2D eigenvalue weighted by molar-refractivity contribution is 0.101. The highest BCUT2D eigenvalue weighted by molar-refractivity contribution is 7.59. The van der Waals surface area contributed by atoms with E-state index in [4.69, 9.17) is 23.1 Å². The molecule has 1 unspecified atom stereocenters. The Hall–Kier alpha value is -3.29. The number of benzene rings is 1. The quantitative estimate of drug-likeness (QED) is 0.370. The first-order valence-electron chi connectivity index (χ1n) is 10.4. The summed E-state index contributed by atoms with van der Waals surface area (Å²) in [7, 11) is 0. The van der Waals surface area contributed by atoms with Crippen molar-refractivity contribution in [3.8, 4) is 5.69 Å². The van der Waals surface area contributed by atoms with E-state index in [0.717, 1.165) is 0 Å². The number of anilines is 3. The van der Waals surface area contributed by atoms with Crippen molar-refractivity contribution in [1.82, 2.24) is 24.1 Å². The summed E-state index contributed by atoms with van der Waals surface area (Å²) in [6, 6.07) is 6.70. The van der Waals surface area contributed by atoms with Crippen molar-refractivity contribution < 1.29 is 9.18 Å². The number of Topliss-reactive ketones (excluding diaryl/α,β-unsaturated/α-hetero) is 1. The van der Waals surface area contributed by atoms with Gasteiger partial charge in [0, 0.05) is 18.7 Å². The third-order valence-electron chi connectivity index (χ3n) is 5.91. The van der Waals surface area contributed by atoms with Gasteiger partial charge in [-0.15, -0.1) is 0 Å². The van der Waals surface area contributed by atoms with Crippen LogP contribution in [0.5, 0.6) is 0 Å². The maximum absolute atomic E-state index is 14.1. The smallest absolute Gasteiger partial charge is 0.284 e. The molecule has 1 saturated heterocycles. The minimum absolute atomic E-state index is 0. The summed E-state index contributed by atoms with van der Waals surface area (Å²) in [5.41, 5.74) is 11.9. The Bertz CT molecular complexity index is 1540.